The van der Waals surface area contributed by atoms with Crippen molar-refractivity contribution in [1.29, 1.82) is 0 Å². The summed E-state index contributed by atoms with van der Waals surface area (Å²) in [5, 5.41) is 13.0. The van der Waals surface area contributed by atoms with Gasteiger partial charge in [0.15, 0.2) is 0 Å². The molecule has 3 heteroatoms. The van der Waals surface area contributed by atoms with Crippen molar-refractivity contribution in [3.05, 3.63) is 29.8 Å². The monoisotopic (exact) mass is 235 g/mol. The van der Waals surface area contributed by atoms with Gasteiger partial charge in [-0.2, -0.15) is 0 Å². The lowest BCUT2D eigenvalue weighted by molar-refractivity contribution is 0.0746. The molecule has 94 valence electrons. The predicted octanol–water partition coefficient (Wildman–Crippen LogP) is 2.61. The van der Waals surface area contributed by atoms with Crippen LogP contribution in [0.1, 0.15) is 37.8 Å². The van der Waals surface area contributed by atoms with Crippen molar-refractivity contribution < 1.29 is 9.84 Å². The quantitative estimate of drug-likeness (QED) is 0.843. The van der Waals surface area contributed by atoms with E-state index in [1.54, 1.807) is 12.1 Å². The van der Waals surface area contributed by atoms with Crippen molar-refractivity contribution in [2.75, 3.05) is 13.2 Å². The molecule has 2 rings (SSSR count). The van der Waals surface area contributed by atoms with Crippen molar-refractivity contribution >= 4 is 0 Å². The number of hydrogen-bond acceptors (Lipinski definition) is 3. The summed E-state index contributed by atoms with van der Waals surface area (Å²) in [6, 6.07) is 8.43. The first kappa shape index (κ1) is 12.4. The zero-order valence-corrected chi connectivity index (χ0v) is 10.4. The van der Waals surface area contributed by atoms with Crippen LogP contribution in [-0.2, 0) is 4.74 Å². The van der Waals surface area contributed by atoms with Gasteiger partial charge in [-0.15, -0.1) is 0 Å². The molecule has 0 amide bonds. The van der Waals surface area contributed by atoms with Crippen LogP contribution in [0.5, 0.6) is 5.75 Å². The van der Waals surface area contributed by atoms with E-state index in [1.807, 2.05) is 12.1 Å². The van der Waals surface area contributed by atoms with Crippen LogP contribution in [0.15, 0.2) is 24.3 Å². The second-order valence-electron chi connectivity index (χ2n) is 4.61. The molecule has 1 aromatic rings. The molecule has 1 aliphatic heterocycles. The van der Waals surface area contributed by atoms with Crippen LogP contribution in [0.3, 0.4) is 0 Å². The van der Waals surface area contributed by atoms with Gasteiger partial charge in [-0.3, -0.25) is 0 Å². The number of ether oxygens (including phenoxy) is 1. The van der Waals surface area contributed by atoms with Gasteiger partial charge >= 0.3 is 0 Å². The molecular formula is C14H21NO2. The van der Waals surface area contributed by atoms with Crippen LogP contribution in [0, 0.1) is 0 Å². The molecule has 2 N–H and O–H groups in total. The van der Waals surface area contributed by atoms with E-state index in [2.05, 4.69) is 12.2 Å². The molecule has 0 spiro atoms. The summed E-state index contributed by atoms with van der Waals surface area (Å²) >= 11 is 0. The number of nitrogens with one attached hydrogen (secondary N) is 1. The highest BCUT2D eigenvalue weighted by atomic mass is 16.5. The average Bonchev–Trinajstić information content (AvgIpc) is 2.38. The van der Waals surface area contributed by atoms with E-state index in [0.717, 1.165) is 32.5 Å². The topological polar surface area (TPSA) is 41.5 Å². The molecule has 1 unspecified atom stereocenters. The molecule has 1 heterocycles. The third-order valence-corrected chi connectivity index (χ3v) is 3.36. The number of benzene rings is 1. The molecule has 1 saturated heterocycles. The number of rotatable bonds is 4. The molecule has 1 fully saturated rings. The lowest BCUT2D eigenvalue weighted by Crippen LogP contribution is -2.37. The van der Waals surface area contributed by atoms with Gasteiger partial charge in [0.25, 0.3) is 0 Å². The van der Waals surface area contributed by atoms with Gasteiger partial charge in [-0.25, -0.2) is 0 Å². The number of aromatic hydroxyl groups is 1. The summed E-state index contributed by atoms with van der Waals surface area (Å²) in [7, 11) is 0. The van der Waals surface area contributed by atoms with E-state index in [-0.39, 0.29) is 0 Å². The summed E-state index contributed by atoms with van der Waals surface area (Å²) in [4.78, 5) is 0. The molecule has 0 aliphatic carbocycles. The van der Waals surface area contributed by atoms with Gasteiger partial charge in [-0.05, 0) is 37.0 Å². The highest BCUT2D eigenvalue weighted by Crippen LogP contribution is 2.21. The van der Waals surface area contributed by atoms with Gasteiger partial charge < -0.3 is 15.2 Å². The Morgan fingerprint density at radius 1 is 1.29 bits per heavy atom. The van der Waals surface area contributed by atoms with Crippen molar-refractivity contribution in [3.8, 4) is 5.75 Å². The highest BCUT2D eigenvalue weighted by Gasteiger charge is 2.18. The van der Waals surface area contributed by atoms with Crippen LogP contribution in [0.2, 0.25) is 0 Å². The zero-order chi connectivity index (χ0) is 12.1. The summed E-state index contributed by atoms with van der Waals surface area (Å²) < 4.78 is 5.36. The smallest absolute Gasteiger partial charge is 0.115 e. The molecule has 0 saturated carbocycles. The number of phenols is 1. The Morgan fingerprint density at radius 3 is 2.53 bits per heavy atom. The first-order valence-electron chi connectivity index (χ1n) is 6.42. The van der Waals surface area contributed by atoms with Crippen LogP contribution >= 0.6 is 0 Å². The lowest BCUT2D eigenvalue weighted by atomic mass is 10.0. The second-order valence-corrected chi connectivity index (χ2v) is 4.61. The van der Waals surface area contributed by atoms with E-state index in [4.69, 9.17) is 4.74 Å². The van der Waals surface area contributed by atoms with Crippen LogP contribution in [-0.4, -0.2) is 24.4 Å². The minimum absolute atomic E-state index is 0.328. The summed E-state index contributed by atoms with van der Waals surface area (Å²) in [5.74, 6) is 0.328. The molecule has 0 aromatic heterocycles. The number of hydrogen-bond donors (Lipinski definition) is 2. The maximum Gasteiger partial charge on any atom is 0.115 e. The average molecular weight is 235 g/mol. The summed E-state index contributed by atoms with van der Waals surface area (Å²) in [6.45, 7) is 3.91. The van der Waals surface area contributed by atoms with Gasteiger partial charge in [0.05, 0.1) is 0 Å². The van der Waals surface area contributed by atoms with E-state index >= 15 is 0 Å². The van der Waals surface area contributed by atoms with Gasteiger partial charge in [0, 0.05) is 25.3 Å². The Morgan fingerprint density at radius 2 is 1.94 bits per heavy atom. The Labute approximate surface area is 103 Å². The molecule has 1 atom stereocenters. The third kappa shape index (κ3) is 3.45. The molecule has 3 nitrogen and oxygen atoms in total. The molecular weight excluding hydrogens is 214 g/mol. The normalized spacial score (nSPS) is 19.1. The Hall–Kier alpha value is -1.06. The van der Waals surface area contributed by atoms with Crippen LogP contribution in [0.4, 0.5) is 0 Å². The number of phenolic OH excluding ortho intramolecular Hbond substituents is 1. The van der Waals surface area contributed by atoms with Crippen LogP contribution < -0.4 is 5.32 Å². The Bertz CT molecular complexity index is 331. The SMILES string of the molecule is CCC(NC1CCOCC1)c1ccc(O)cc1. The van der Waals surface area contributed by atoms with Gasteiger partial charge in [0.2, 0.25) is 0 Å². The molecule has 0 bridgehead atoms. The van der Waals surface area contributed by atoms with Crippen molar-refractivity contribution in [1.82, 2.24) is 5.32 Å². The van der Waals surface area contributed by atoms with Crippen LogP contribution in [0.25, 0.3) is 0 Å². The molecule has 1 aliphatic rings. The fourth-order valence-electron chi connectivity index (χ4n) is 2.31. The predicted molar refractivity (Wildman–Crippen MR) is 68.1 cm³/mol. The van der Waals surface area contributed by atoms with E-state index in [0.29, 0.717) is 17.8 Å². The molecule has 1 aromatic carbocycles. The Balaban J connectivity index is 1.97. The van der Waals surface area contributed by atoms with Crippen molar-refractivity contribution in [3.63, 3.8) is 0 Å². The van der Waals surface area contributed by atoms with Gasteiger partial charge in [0.1, 0.15) is 5.75 Å². The lowest BCUT2D eigenvalue weighted by Gasteiger charge is -2.28. The van der Waals surface area contributed by atoms with E-state index in [1.165, 1.54) is 5.56 Å². The first-order valence-corrected chi connectivity index (χ1v) is 6.42. The first-order chi connectivity index (χ1) is 8.29. The maximum atomic E-state index is 9.30. The van der Waals surface area contributed by atoms with Gasteiger partial charge in [-0.1, -0.05) is 19.1 Å². The van der Waals surface area contributed by atoms with E-state index in [9.17, 15) is 5.11 Å². The minimum atomic E-state index is 0.328. The minimum Gasteiger partial charge on any atom is -0.508 e. The van der Waals surface area contributed by atoms with Crippen molar-refractivity contribution in [2.45, 2.75) is 38.3 Å². The van der Waals surface area contributed by atoms with E-state index < -0.39 is 0 Å². The standard InChI is InChI=1S/C14H21NO2/c1-2-14(11-3-5-13(16)6-4-11)15-12-7-9-17-10-8-12/h3-6,12,14-16H,2,7-10H2,1H3. The summed E-state index contributed by atoms with van der Waals surface area (Å²) in [6.07, 6.45) is 3.24. The van der Waals surface area contributed by atoms with Crippen molar-refractivity contribution in [2.24, 2.45) is 0 Å². The zero-order valence-electron chi connectivity index (χ0n) is 10.4. The largest absolute Gasteiger partial charge is 0.508 e. The second kappa shape index (κ2) is 6.03. The fraction of sp³-hybridized carbons (Fsp3) is 0.571. The highest BCUT2D eigenvalue weighted by molar-refractivity contribution is 5.28. The Kier molecular flexibility index (Phi) is 4.40. The summed E-state index contributed by atoms with van der Waals surface area (Å²) in [5.41, 5.74) is 1.25. The third-order valence-electron chi connectivity index (χ3n) is 3.36. The molecule has 0 radical (unpaired) electrons. The molecule has 17 heavy (non-hydrogen) atoms. The fourth-order valence-corrected chi connectivity index (χ4v) is 2.31. The maximum absolute atomic E-state index is 9.30.